The summed E-state index contributed by atoms with van der Waals surface area (Å²) >= 11 is 6.57. The molecule has 0 fully saturated rings. The molecule has 0 bridgehead atoms. The average Bonchev–Trinajstić information content (AvgIpc) is 3.84. The maximum atomic E-state index is 14.3. The van der Waals surface area contributed by atoms with Crippen molar-refractivity contribution in [2.75, 3.05) is 21.3 Å². The van der Waals surface area contributed by atoms with Crippen molar-refractivity contribution in [2.45, 2.75) is 37.8 Å². The van der Waals surface area contributed by atoms with Crippen LogP contribution in [-0.2, 0) is 16.1 Å². The van der Waals surface area contributed by atoms with E-state index in [2.05, 4.69) is 15.5 Å². The molecule has 1 aliphatic heterocycles. The molecular weight excluding hydrogens is 650 g/mol. The van der Waals surface area contributed by atoms with Crippen LogP contribution >= 0.6 is 11.6 Å². The number of carbonyl (C=O) groups is 3. The number of aliphatic hydroxyl groups is 1. The first-order chi connectivity index (χ1) is 23.0. The zero-order valence-corrected chi connectivity index (χ0v) is 26.9. The summed E-state index contributed by atoms with van der Waals surface area (Å²) in [5.41, 5.74) is -1.99. The second-order valence-corrected chi connectivity index (χ2v) is 11.6. The number of hydrogen-bond acceptors (Lipinski definition) is 13. The van der Waals surface area contributed by atoms with E-state index in [4.69, 9.17) is 39.5 Å². The van der Waals surface area contributed by atoms with Crippen LogP contribution in [0.15, 0.2) is 62.9 Å². The summed E-state index contributed by atoms with van der Waals surface area (Å²) in [6, 6.07) is 9.00. The lowest BCUT2D eigenvalue weighted by atomic mass is 9.69. The minimum absolute atomic E-state index is 0.0209. The van der Waals surface area contributed by atoms with Gasteiger partial charge in [-0.05, 0) is 29.8 Å². The Balaban J connectivity index is 1.40. The van der Waals surface area contributed by atoms with E-state index in [0.29, 0.717) is 11.3 Å². The second kappa shape index (κ2) is 12.6. The summed E-state index contributed by atoms with van der Waals surface area (Å²) in [5.74, 6) is -3.69. The molecule has 15 heteroatoms. The Morgan fingerprint density at radius 1 is 1.10 bits per heavy atom. The van der Waals surface area contributed by atoms with Crippen molar-refractivity contribution < 1.29 is 52.5 Å². The van der Waals surface area contributed by atoms with Gasteiger partial charge >= 0.3 is 0 Å². The number of phenols is 1. The van der Waals surface area contributed by atoms with Crippen LogP contribution < -0.4 is 24.3 Å². The standard InChI is InChI=1S/C33H30ClN3O11/c1-15-10-19(39)26(30(41)33(15)31(42)27-22(44-3)13-23(45-4)28(34)29(27)47-33)17(16-7-8-18(38)21(11-16)43-2)12-24(40)35-14-25-36-32(37-48-25)20-6-5-9-46-20/h5-9,11,13,15,17,38,41H,10,12,14H2,1-4H3,(H,35,40)/t15-,17?,33+/m1/s1. The molecule has 1 unspecified atom stereocenters. The number of ketones is 2. The van der Waals surface area contributed by atoms with Crippen LogP contribution in [-0.4, -0.2) is 64.8 Å². The van der Waals surface area contributed by atoms with E-state index >= 15 is 0 Å². The quantitative estimate of drug-likeness (QED) is 0.204. The molecule has 6 rings (SSSR count). The highest BCUT2D eigenvalue weighted by molar-refractivity contribution is 6.35. The van der Waals surface area contributed by atoms with Gasteiger partial charge in [0, 0.05) is 36.3 Å². The van der Waals surface area contributed by atoms with Gasteiger partial charge in [0.2, 0.25) is 29.0 Å². The van der Waals surface area contributed by atoms with Crippen LogP contribution in [0.25, 0.3) is 11.6 Å². The maximum absolute atomic E-state index is 14.3. The topological polar surface area (TPSA) is 193 Å². The number of carbonyl (C=O) groups excluding carboxylic acids is 3. The number of aromatic nitrogens is 2. The third kappa shape index (κ3) is 5.27. The number of methoxy groups -OCH3 is 3. The van der Waals surface area contributed by atoms with E-state index in [0.717, 1.165) is 0 Å². The van der Waals surface area contributed by atoms with Crippen LogP contribution in [0.5, 0.6) is 28.7 Å². The van der Waals surface area contributed by atoms with Crippen molar-refractivity contribution in [3.63, 3.8) is 0 Å². The molecule has 3 N–H and O–H groups in total. The fourth-order valence-electron chi connectivity index (χ4n) is 6.10. The summed E-state index contributed by atoms with van der Waals surface area (Å²) in [6.07, 6.45) is 0.848. The number of benzene rings is 2. The maximum Gasteiger partial charge on any atom is 0.246 e. The number of hydrogen-bond donors (Lipinski definition) is 3. The largest absolute Gasteiger partial charge is 0.507 e. The first-order valence-corrected chi connectivity index (χ1v) is 15.1. The summed E-state index contributed by atoms with van der Waals surface area (Å²) in [6.45, 7) is 1.44. The fourth-order valence-corrected chi connectivity index (χ4v) is 6.37. The Bertz CT molecular complexity index is 1950. The number of aromatic hydroxyl groups is 1. The van der Waals surface area contributed by atoms with Crippen LogP contribution in [0.3, 0.4) is 0 Å². The van der Waals surface area contributed by atoms with Gasteiger partial charge in [0.1, 0.15) is 22.1 Å². The molecule has 2 aromatic carbocycles. The highest BCUT2D eigenvalue weighted by atomic mass is 35.5. The van der Waals surface area contributed by atoms with Crippen LogP contribution in [0.2, 0.25) is 5.02 Å². The highest BCUT2D eigenvalue weighted by Gasteiger charge is 2.61. The van der Waals surface area contributed by atoms with Crippen LogP contribution in [0.1, 0.15) is 47.5 Å². The molecule has 48 heavy (non-hydrogen) atoms. The van der Waals surface area contributed by atoms with E-state index in [1.807, 2.05) is 0 Å². The van der Waals surface area contributed by atoms with E-state index in [-0.39, 0.29) is 76.0 Å². The molecule has 1 spiro atoms. The number of nitrogens with zero attached hydrogens (tertiary/aromatic N) is 2. The summed E-state index contributed by atoms with van der Waals surface area (Å²) in [4.78, 5) is 45.8. The smallest absolute Gasteiger partial charge is 0.246 e. The fraction of sp³-hybridized carbons (Fsp3) is 0.303. The molecule has 250 valence electrons. The molecule has 3 atom stereocenters. The number of furan rings is 1. The second-order valence-electron chi connectivity index (χ2n) is 11.2. The number of ether oxygens (including phenoxy) is 4. The summed E-state index contributed by atoms with van der Waals surface area (Å²) in [5, 5.41) is 28.8. The van der Waals surface area contributed by atoms with Gasteiger partial charge in [0.05, 0.1) is 34.1 Å². The van der Waals surface area contributed by atoms with Crippen molar-refractivity contribution in [1.29, 1.82) is 0 Å². The zero-order valence-electron chi connectivity index (χ0n) is 26.2. The lowest BCUT2D eigenvalue weighted by Gasteiger charge is -2.38. The van der Waals surface area contributed by atoms with Crippen molar-refractivity contribution in [1.82, 2.24) is 15.5 Å². The lowest BCUT2D eigenvalue weighted by Crippen LogP contribution is -2.53. The average molecular weight is 680 g/mol. The van der Waals surface area contributed by atoms with Gasteiger partial charge in [-0.3, -0.25) is 14.4 Å². The summed E-state index contributed by atoms with van der Waals surface area (Å²) in [7, 11) is 4.08. The predicted octanol–water partition coefficient (Wildman–Crippen LogP) is 4.94. The Hall–Kier alpha value is -5.50. The Morgan fingerprint density at radius 2 is 1.85 bits per heavy atom. The highest BCUT2D eigenvalue weighted by Crippen LogP contribution is 2.56. The Morgan fingerprint density at radius 3 is 2.54 bits per heavy atom. The van der Waals surface area contributed by atoms with Crippen LogP contribution in [0, 0.1) is 5.92 Å². The molecule has 0 saturated carbocycles. The number of allylic oxidation sites excluding steroid dienone is 1. The van der Waals surface area contributed by atoms with Gasteiger partial charge in [-0.1, -0.05) is 29.7 Å². The molecule has 0 saturated heterocycles. The number of phenolic OH excluding ortho intramolecular Hbond substituents is 1. The van der Waals surface area contributed by atoms with E-state index in [1.165, 1.54) is 51.9 Å². The molecule has 14 nitrogen and oxygen atoms in total. The van der Waals surface area contributed by atoms with Gasteiger partial charge in [-0.2, -0.15) is 4.98 Å². The van der Waals surface area contributed by atoms with Gasteiger partial charge < -0.3 is 43.4 Å². The molecule has 4 aromatic rings. The zero-order chi connectivity index (χ0) is 34.3. The van der Waals surface area contributed by atoms with E-state index in [9.17, 15) is 24.6 Å². The van der Waals surface area contributed by atoms with Crippen molar-refractivity contribution in [3.8, 4) is 40.3 Å². The lowest BCUT2D eigenvalue weighted by molar-refractivity contribution is -0.122. The number of amides is 1. The van der Waals surface area contributed by atoms with Crippen molar-refractivity contribution >= 4 is 29.1 Å². The molecule has 2 aromatic heterocycles. The van der Waals surface area contributed by atoms with E-state index < -0.39 is 40.7 Å². The SMILES string of the molecule is COc1cc(C(CC(=O)NCc2nc(-c3ccco3)no2)C2=C(O)[C@@]3(Oc4c(Cl)c(OC)cc(OC)c4C3=O)[C@H](C)CC2=O)ccc1O. The minimum Gasteiger partial charge on any atom is -0.507 e. The monoisotopic (exact) mass is 679 g/mol. The number of rotatable bonds is 10. The Kier molecular flexibility index (Phi) is 8.52. The normalized spacial score (nSPS) is 19.2. The number of nitrogens with one attached hydrogen (secondary N) is 1. The van der Waals surface area contributed by atoms with Gasteiger partial charge in [0.25, 0.3) is 0 Å². The molecule has 1 aliphatic carbocycles. The van der Waals surface area contributed by atoms with Crippen molar-refractivity contribution in [3.05, 3.63) is 76.0 Å². The molecule has 3 heterocycles. The van der Waals surface area contributed by atoms with Gasteiger partial charge in [-0.25, -0.2) is 0 Å². The third-order valence-electron chi connectivity index (χ3n) is 8.50. The first kappa shape index (κ1) is 32.4. The third-order valence-corrected chi connectivity index (χ3v) is 8.86. The number of fused-ring (bicyclic) bond motifs is 1. The molecule has 0 radical (unpaired) electrons. The number of Topliss-reactive ketones (excluding diaryl/α,β-unsaturated/α-hetero) is 2. The molecule has 1 amide bonds. The molecule has 2 aliphatic rings. The van der Waals surface area contributed by atoms with Crippen LogP contribution in [0.4, 0.5) is 0 Å². The Labute approximate surface area is 278 Å². The summed E-state index contributed by atoms with van der Waals surface area (Å²) < 4.78 is 32.8. The minimum atomic E-state index is -2.07. The predicted molar refractivity (Wildman–Crippen MR) is 167 cm³/mol. The molecular formula is C33H30ClN3O11. The first-order valence-electron chi connectivity index (χ1n) is 14.7. The number of halogens is 1. The number of aliphatic hydroxyl groups excluding tert-OH is 1. The van der Waals surface area contributed by atoms with Gasteiger partial charge in [0.15, 0.2) is 34.6 Å². The van der Waals surface area contributed by atoms with Crippen molar-refractivity contribution in [2.24, 2.45) is 5.92 Å². The van der Waals surface area contributed by atoms with E-state index in [1.54, 1.807) is 19.1 Å². The van der Waals surface area contributed by atoms with Gasteiger partial charge in [-0.15, -0.1) is 0 Å².